The van der Waals surface area contributed by atoms with Gasteiger partial charge in [-0.25, -0.2) is 4.79 Å². The summed E-state index contributed by atoms with van der Waals surface area (Å²) in [6, 6.07) is 18.1. The molecule has 4 nitrogen and oxygen atoms in total. The van der Waals surface area contributed by atoms with Crippen LogP contribution in [0.25, 0.3) is 5.70 Å². The lowest BCUT2D eigenvalue weighted by Gasteiger charge is -2.29. The van der Waals surface area contributed by atoms with E-state index in [4.69, 9.17) is 0 Å². The van der Waals surface area contributed by atoms with Crippen LogP contribution in [0, 0.1) is 0 Å². The van der Waals surface area contributed by atoms with E-state index in [1.54, 1.807) is 12.1 Å². The van der Waals surface area contributed by atoms with E-state index < -0.39 is 0 Å². The summed E-state index contributed by atoms with van der Waals surface area (Å²) in [6.07, 6.45) is 1.59. The molecule has 0 unspecified atom stereocenters. The predicted molar refractivity (Wildman–Crippen MR) is 94.5 cm³/mol. The molecule has 2 amide bonds. The molecule has 122 valence electrons. The smallest absolute Gasteiger partial charge is 0.319 e. The minimum atomic E-state index is -0.285. The normalized spacial score (nSPS) is 17.2. The molecule has 0 saturated carbocycles. The summed E-state index contributed by atoms with van der Waals surface area (Å²) < 4.78 is 0. The maximum atomic E-state index is 13.1. The molecular formula is C20H20N2O2. The second-order valence-electron chi connectivity index (χ2n) is 5.79. The van der Waals surface area contributed by atoms with Crippen molar-refractivity contribution in [2.75, 3.05) is 0 Å². The van der Waals surface area contributed by atoms with Crippen molar-refractivity contribution in [1.29, 1.82) is 0 Å². The third kappa shape index (κ3) is 3.23. The van der Waals surface area contributed by atoms with Gasteiger partial charge in [-0.1, -0.05) is 74.0 Å². The molecule has 4 heteroatoms. The van der Waals surface area contributed by atoms with E-state index in [9.17, 15) is 9.59 Å². The number of nitrogens with one attached hydrogen (secondary N) is 2. The monoisotopic (exact) mass is 320 g/mol. The average molecular weight is 320 g/mol. The SMILES string of the molecule is CCC[C@H]1NC(=O)NC(c2ccccc2)=C1C(=O)c1ccccc1. The van der Waals surface area contributed by atoms with Crippen molar-refractivity contribution in [3.63, 3.8) is 0 Å². The number of Topliss-reactive ketones (excluding diaryl/α,β-unsaturated/α-hetero) is 1. The van der Waals surface area contributed by atoms with Crippen molar-refractivity contribution >= 4 is 17.5 Å². The Morgan fingerprint density at radius 1 is 1.00 bits per heavy atom. The van der Waals surface area contributed by atoms with Crippen LogP contribution in [0.4, 0.5) is 4.79 Å². The molecule has 0 aliphatic carbocycles. The maximum Gasteiger partial charge on any atom is 0.319 e. The van der Waals surface area contributed by atoms with Gasteiger partial charge in [0, 0.05) is 11.1 Å². The summed E-state index contributed by atoms with van der Waals surface area (Å²) in [7, 11) is 0. The van der Waals surface area contributed by atoms with E-state index in [1.807, 2.05) is 55.5 Å². The molecule has 0 radical (unpaired) electrons. The fraction of sp³-hybridized carbons (Fsp3) is 0.200. The lowest BCUT2D eigenvalue weighted by molar-refractivity contribution is 0.102. The van der Waals surface area contributed by atoms with Crippen LogP contribution in [0.5, 0.6) is 0 Å². The minimum absolute atomic E-state index is 0.0552. The highest BCUT2D eigenvalue weighted by Gasteiger charge is 2.31. The summed E-state index contributed by atoms with van der Waals surface area (Å²) in [6.45, 7) is 2.04. The number of ketones is 1. The van der Waals surface area contributed by atoms with E-state index in [0.717, 1.165) is 18.4 Å². The van der Waals surface area contributed by atoms with Crippen molar-refractivity contribution in [2.24, 2.45) is 0 Å². The molecule has 0 saturated heterocycles. The van der Waals surface area contributed by atoms with Crippen LogP contribution >= 0.6 is 0 Å². The average Bonchev–Trinajstić information content (AvgIpc) is 2.62. The molecule has 2 aromatic carbocycles. The number of benzene rings is 2. The van der Waals surface area contributed by atoms with Gasteiger partial charge in [0.2, 0.25) is 0 Å². The van der Waals surface area contributed by atoms with Gasteiger partial charge in [0.15, 0.2) is 5.78 Å². The van der Waals surface area contributed by atoms with E-state index in [1.165, 1.54) is 0 Å². The first-order valence-electron chi connectivity index (χ1n) is 8.17. The summed E-state index contributed by atoms with van der Waals surface area (Å²) in [4.78, 5) is 25.2. The van der Waals surface area contributed by atoms with Crippen LogP contribution in [0.2, 0.25) is 0 Å². The number of urea groups is 1. The van der Waals surface area contributed by atoms with Crippen LogP contribution in [0.1, 0.15) is 35.7 Å². The highest BCUT2D eigenvalue weighted by atomic mass is 16.2. The zero-order valence-corrected chi connectivity index (χ0v) is 13.6. The summed E-state index contributed by atoms with van der Waals surface area (Å²) >= 11 is 0. The minimum Gasteiger partial charge on any atom is -0.331 e. The number of amides is 2. The third-order valence-electron chi connectivity index (χ3n) is 4.08. The van der Waals surface area contributed by atoms with Gasteiger partial charge in [0.05, 0.1) is 11.7 Å². The van der Waals surface area contributed by atoms with Crippen LogP contribution < -0.4 is 10.6 Å². The molecule has 2 aromatic rings. The molecule has 0 bridgehead atoms. The molecule has 1 heterocycles. The molecule has 0 aromatic heterocycles. The Kier molecular flexibility index (Phi) is 4.75. The molecular weight excluding hydrogens is 300 g/mol. The largest absolute Gasteiger partial charge is 0.331 e. The molecule has 1 atom stereocenters. The highest BCUT2D eigenvalue weighted by Crippen LogP contribution is 2.27. The Balaban J connectivity index is 2.14. The van der Waals surface area contributed by atoms with Crippen LogP contribution in [-0.2, 0) is 0 Å². The summed E-state index contributed by atoms with van der Waals surface area (Å²) in [5.41, 5.74) is 2.69. The number of hydrogen-bond acceptors (Lipinski definition) is 2. The Hall–Kier alpha value is -2.88. The first-order valence-corrected chi connectivity index (χ1v) is 8.17. The molecule has 24 heavy (non-hydrogen) atoms. The van der Waals surface area contributed by atoms with Crippen LogP contribution in [0.3, 0.4) is 0 Å². The Morgan fingerprint density at radius 2 is 1.62 bits per heavy atom. The molecule has 0 spiro atoms. The fourth-order valence-corrected chi connectivity index (χ4v) is 2.98. The number of carbonyl (C=O) groups is 2. The van der Waals surface area contributed by atoms with Crippen molar-refractivity contribution < 1.29 is 9.59 Å². The fourth-order valence-electron chi connectivity index (χ4n) is 2.98. The highest BCUT2D eigenvalue weighted by molar-refractivity contribution is 6.16. The number of rotatable bonds is 5. The van der Waals surface area contributed by atoms with Gasteiger partial charge in [-0.05, 0) is 12.0 Å². The Bertz CT molecular complexity index is 767. The molecule has 3 rings (SSSR count). The molecule has 1 aliphatic heterocycles. The van der Waals surface area contributed by atoms with E-state index >= 15 is 0 Å². The molecule has 2 N–H and O–H groups in total. The molecule has 1 aliphatic rings. The van der Waals surface area contributed by atoms with Gasteiger partial charge in [0.25, 0.3) is 0 Å². The zero-order valence-electron chi connectivity index (χ0n) is 13.6. The van der Waals surface area contributed by atoms with E-state index in [2.05, 4.69) is 10.6 Å². The third-order valence-corrected chi connectivity index (χ3v) is 4.08. The van der Waals surface area contributed by atoms with Gasteiger partial charge >= 0.3 is 6.03 Å². The van der Waals surface area contributed by atoms with Crippen molar-refractivity contribution in [2.45, 2.75) is 25.8 Å². The van der Waals surface area contributed by atoms with Crippen LogP contribution in [-0.4, -0.2) is 17.9 Å². The maximum absolute atomic E-state index is 13.1. The lowest BCUT2D eigenvalue weighted by atomic mass is 9.89. The van der Waals surface area contributed by atoms with Gasteiger partial charge < -0.3 is 10.6 Å². The van der Waals surface area contributed by atoms with Gasteiger partial charge in [0.1, 0.15) is 0 Å². The lowest BCUT2D eigenvalue weighted by Crippen LogP contribution is -2.49. The van der Waals surface area contributed by atoms with E-state index in [-0.39, 0.29) is 17.9 Å². The van der Waals surface area contributed by atoms with Crippen molar-refractivity contribution in [3.05, 3.63) is 77.4 Å². The Morgan fingerprint density at radius 3 is 2.25 bits per heavy atom. The quantitative estimate of drug-likeness (QED) is 0.824. The van der Waals surface area contributed by atoms with Gasteiger partial charge in [-0.3, -0.25) is 4.79 Å². The summed E-state index contributed by atoms with van der Waals surface area (Å²) in [5.74, 6) is -0.0552. The first-order chi connectivity index (χ1) is 11.7. The van der Waals surface area contributed by atoms with Crippen LogP contribution in [0.15, 0.2) is 66.2 Å². The van der Waals surface area contributed by atoms with Gasteiger partial charge in [-0.15, -0.1) is 0 Å². The predicted octanol–water partition coefficient (Wildman–Crippen LogP) is 3.76. The van der Waals surface area contributed by atoms with Gasteiger partial charge in [-0.2, -0.15) is 0 Å². The summed E-state index contributed by atoms with van der Waals surface area (Å²) in [5, 5.41) is 5.72. The second-order valence-corrected chi connectivity index (χ2v) is 5.79. The number of hydrogen-bond donors (Lipinski definition) is 2. The zero-order chi connectivity index (χ0) is 16.9. The standard InChI is InChI=1S/C20H20N2O2/c1-2-9-16-17(19(23)15-12-7-4-8-13-15)18(22-20(24)21-16)14-10-5-3-6-11-14/h3-8,10-13,16H,2,9H2,1H3,(H2,21,22,24)/t16-/m1/s1. The molecule has 0 fully saturated rings. The van der Waals surface area contributed by atoms with E-state index in [0.29, 0.717) is 16.8 Å². The number of carbonyl (C=O) groups excluding carboxylic acids is 2. The van der Waals surface area contributed by atoms with Crippen molar-refractivity contribution in [3.8, 4) is 0 Å². The Labute approximate surface area is 141 Å². The second kappa shape index (κ2) is 7.13. The van der Waals surface area contributed by atoms with Crippen molar-refractivity contribution in [1.82, 2.24) is 10.6 Å². The topological polar surface area (TPSA) is 58.2 Å². The first kappa shape index (κ1) is 16.0.